The number of nitrogens with one attached hydrogen (secondary N) is 1. The summed E-state index contributed by atoms with van der Waals surface area (Å²) in [4.78, 5) is 22.0. The van der Waals surface area contributed by atoms with Gasteiger partial charge in [0.25, 0.3) is 0 Å². The molecule has 6 heteroatoms. The Labute approximate surface area is 166 Å². The molecule has 0 aliphatic carbocycles. The second-order valence-electron chi connectivity index (χ2n) is 7.33. The highest BCUT2D eigenvalue weighted by Crippen LogP contribution is 2.25. The van der Waals surface area contributed by atoms with Crippen molar-refractivity contribution < 1.29 is 9.53 Å². The van der Waals surface area contributed by atoms with Gasteiger partial charge in [-0.2, -0.15) is 0 Å². The van der Waals surface area contributed by atoms with Gasteiger partial charge in [0.1, 0.15) is 17.1 Å². The maximum absolute atomic E-state index is 12.8. The molecule has 0 fully saturated rings. The minimum Gasteiger partial charge on any atom is -0.497 e. The Morgan fingerprint density at radius 1 is 1.21 bits per heavy atom. The van der Waals surface area contributed by atoms with Crippen LogP contribution in [-0.4, -0.2) is 27.6 Å². The Hall–Kier alpha value is -2.89. The lowest BCUT2D eigenvalue weighted by Crippen LogP contribution is -2.32. The number of methoxy groups -OCH3 is 1. The highest BCUT2D eigenvalue weighted by Gasteiger charge is 2.23. The molecule has 2 heterocycles. The predicted octanol–water partition coefficient (Wildman–Crippen LogP) is 3.91. The number of hydrogen-bond donors (Lipinski definition) is 1. The fraction of sp³-hybridized carbons (Fsp3) is 0.409. The van der Waals surface area contributed by atoms with Crippen molar-refractivity contribution in [3.05, 3.63) is 54.0 Å². The molecule has 3 rings (SSSR count). The standard InChI is InChI=1S/C22H28N4O2/c1-5-26-21-18(7-6-12-23-21)25-22(26)19(13-15(2)3)24-20(27)14-16-8-10-17(28-4)11-9-16/h6-12,15,19H,5,13-14H2,1-4H3,(H,24,27). The van der Waals surface area contributed by atoms with Crippen molar-refractivity contribution in [1.29, 1.82) is 0 Å². The van der Waals surface area contributed by atoms with Crippen LogP contribution in [0.2, 0.25) is 0 Å². The summed E-state index contributed by atoms with van der Waals surface area (Å²) in [5, 5.41) is 3.20. The summed E-state index contributed by atoms with van der Waals surface area (Å²) < 4.78 is 7.27. The van der Waals surface area contributed by atoms with Gasteiger partial charge in [-0.3, -0.25) is 4.79 Å². The molecule has 6 nitrogen and oxygen atoms in total. The molecule has 2 aromatic heterocycles. The molecule has 1 amide bonds. The third-order valence-corrected chi connectivity index (χ3v) is 4.73. The molecular weight excluding hydrogens is 352 g/mol. The van der Waals surface area contributed by atoms with Gasteiger partial charge in [-0.05, 0) is 49.1 Å². The van der Waals surface area contributed by atoms with E-state index in [2.05, 4.69) is 35.6 Å². The van der Waals surface area contributed by atoms with E-state index in [9.17, 15) is 4.79 Å². The van der Waals surface area contributed by atoms with Crippen molar-refractivity contribution in [1.82, 2.24) is 19.9 Å². The Balaban J connectivity index is 1.83. The molecule has 0 saturated heterocycles. The molecule has 3 aromatic rings. The van der Waals surface area contributed by atoms with E-state index < -0.39 is 0 Å². The van der Waals surface area contributed by atoms with Crippen LogP contribution in [0.25, 0.3) is 11.2 Å². The number of imidazole rings is 1. The molecule has 1 atom stereocenters. The summed E-state index contributed by atoms with van der Waals surface area (Å²) in [6.07, 6.45) is 2.92. The number of carbonyl (C=O) groups excluding carboxylic acids is 1. The lowest BCUT2D eigenvalue weighted by molar-refractivity contribution is -0.121. The molecule has 148 valence electrons. The van der Waals surface area contributed by atoms with Gasteiger partial charge >= 0.3 is 0 Å². The van der Waals surface area contributed by atoms with Crippen LogP contribution in [-0.2, 0) is 17.8 Å². The minimum atomic E-state index is -0.153. The van der Waals surface area contributed by atoms with E-state index in [1.165, 1.54) is 0 Å². The van der Waals surface area contributed by atoms with Crippen LogP contribution in [0.15, 0.2) is 42.6 Å². The van der Waals surface area contributed by atoms with Crippen LogP contribution in [0.1, 0.15) is 44.6 Å². The molecule has 1 unspecified atom stereocenters. The maximum atomic E-state index is 12.8. The fourth-order valence-electron chi connectivity index (χ4n) is 3.43. The smallest absolute Gasteiger partial charge is 0.225 e. The van der Waals surface area contributed by atoms with Crippen LogP contribution >= 0.6 is 0 Å². The van der Waals surface area contributed by atoms with E-state index in [-0.39, 0.29) is 11.9 Å². The minimum absolute atomic E-state index is 0.0153. The molecule has 0 bridgehead atoms. The topological polar surface area (TPSA) is 69.0 Å². The molecule has 0 aliphatic rings. The van der Waals surface area contributed by atoms with E-state index >= 15 is 0 Å². The van der Waals surface area contributed by atoms with Gasteiger partial charge in [0.15, 0.2) is 5.65 Å². The largest absolute Gasteiger partial charge is 0.497 e. The Bertz CT molecular complexity index is 931. The highest BCUT2D eigenvalue weighted by molar-refractivity contribution is 5.79. The molecular formula is C22H28N4O2. The van der Waals surface area contributed by atoms with Gasteiger partial charge in [-0.25, -0.2) is 9.97 Å². The van der Waals surface area contributed by atoms with Crippen LogP contribution in [0.5, 0.6) is 5.75 Å². The van der Waals surface area contributed by atoms with Gasteiger partial charge < -0.3 is 14.6 Å². The zero-order valence-corrected chi connectivity index (χ0v) is 17.0. The Kier molecular flexibility index (Phi) is 6.29. The van der Waals surface area contributed by atoms with Crippen molar-refractivity contribution in [3.63, 3.8) is 0 Å². The normalized spacial score (nSPS) is 12.3. The number of carbonyl (C=O) groups is 1. The average molecular weight is 380 g/mol. The molecule has 1 N–H and O–H groups in total. The van der Waals surface area contributed by atoms with E-state index in [0.717, 1.165) is 41.3 Å². The number of rotatable bonds is 8. The third-order valence-electron chi connectivity index (χ3n) is 4.73. The van der Waals surface area contributed by atoms with Crippen LogP contribution in [0, 0.1) is 5.92 Å². The van der Waals surface area contributed by atoms with E-state index in [0.29, 0.717) is 12.3 Å². The number of pyridine rings is 1. The maximum Gasteiger partial charge on any atom is 0.225 e. The summed E-state index contributed by atoms with van der Waals surface area (Å²) in [5.74, 6) is 2.06. The number of aromatic nitrogens is 3. The van der Waals surface area contributed by atoms with Gasteiger partial charge in [-0.1, -0.05) is 26.0 Å². The lowest BCUT2D eigenvalue weighted by atomic mass is 10.0. The number of benzene rings is 1. The first-order chi connectivity index (χ1) is 13.5. The number of nitrogens with zero attached hydrogens (tertiary/aromatic N) is 3. The molecule has 0 spiro atoms. The van der Waals surface area contributed by atoms with Crippen molar-refractivity contribution in [2.75, 3.05) is 7.11 Å². The summed E-state index contributed by atoms with van der Waals surface area (Å²) in [7, 11) is 1.63. The van der Waals surface area contributed by atoms with Gasteiger partial charge in [0, 0.05) is 12.7 Å². The van der Waals surface area contributed by atoms with Crippen LogP contribution in [0.3, 0.4) is 0 Å². The van der Waals surface area contributed by atoms with Crippen LogP contribution in [0.4, 0.5) is 0 Å². The summed E-state index contributed by atoms with van der Waals surface area (Å²) in [6, 6.07) is 11.3. The first-order valence-electron chi connectivity index (χ1n) is 9.75. The molecule has 0 aliphatic heterocycles. The third kappa shape index (κ3) is 4.50. The van der Waals surface area contributed by atoms with E-state index in [4.69, 9.17) is 9.72 Å². The second kappa shape index (κ2) is 8.87. The zero-order chi connectivity index (χ0) is 20.1. The van der Waals surface area contributed by atoms with Crippen LogP contribution < -0.4 is 10.1 Å². The fourth-order valence-corrected chi connectivity index (χ4v) is 3.43. The van der Waals surface area contributed by atoms with E-state index in [1.54, 1.807) is 13.3 Å². The quantitative estimate of drug-likeness (QED) is 0.643. The number of aryl methyl sites for hydroxylation is 1. The Morgan fingerprint density at radius 2 is 1.96 bits per heavy atom. The summed E-state index contributed by atoms with van der Waals surface area (Å²) in [6.45, 7) is 7.14. The SMILES string of the molecule is CCn1c(C(CC(C)C)NC(=O)Cc2ccc(OC)cc2)nc2cccnc21. The highest BCUT2D eigenvalue weighted by atomic mass is 16.5. The zero-order valence-electron chi connectivity index (χ0n) is 17.0. The van der Waals surface area contributed by atoms with Gasteiger partial charge in [-0.15, -0.1) is 0 Å². The summed E-state index contributed by atoms with van der Waals surface area (Å²) >= 11 is 0. The van der Waals surface area contributed by atoms with Gasteiger partial charge in [0.05, 0.1) is 19.6 Å². The number of amides is 1. The first-order valence-corrected chi connectivity index (χ1v) is 9.75. The second-order valence-corrected chi connectivity index (χ2v) is 7.33. The average Bonchev–Trinajstić information content (AvgIpc) is 3.06. The first kappa shape index (κ1) is 19.9. The summed E-state index contributed by atoms with van der Waals surface area (Å²) in [5.41, 5.74) is 2.67. The number of fused-ring (bicyclic) bond motifs is 1. The molecule has 0 saturated carbocycles. The van der Waals surface area contributed by atoms with Crippen molar-refractivity contribution in [3.8, 4) is 5.75 Å². The molecule has 28 heavy (non-hydrogen) atoms. The molecule has 0 radical (unpaired) electrons. The number of hydrogen-bond acceptors (Lipinski definition) is 4. The van der Waals surface area contributed by atoms with Crippen molar-refractivity contribution in [2.24, 2.45) is 5.92 Å². The van der Waals surface area contributed by atoms with Crippen molar-refractivity contribution >= 4 is 17.1 Å². The Morgan fingerprint density at radius 3 is 2.61 bits per heavy atom. The number of ether oxygens (including phenoxy) is 1. The monoisotopic (exact) mass is 380 g/mol. The molecule has 1 aromatic carbocycles. The van der Waals surface area contributed by atoms with E-state index in [1.807, 2.05) is 36.4 Å². The van der Waals surface area contributed by atoms with Gasteiger partial charge in [0.2, 0.25) is 5.91 Å². The lowest BCUT2D eigenvalue weighted by Gasteiger charge is -2.21. The van der Waals surface area contributed by atoms with Crippen molar-refractivity contribution in [2.45, 2.75) is 46.2 Å². The predicted molar refractivity (Wildman–Crippen MR) is 110 cm³/mol.